The number of rotatable bonds is 6. The predicted octanol–water partition coefficient (Wildman–Crippen LogP) is 8.06. The normalized spacial score (nSPS) is 45.0. The molecule has 0 unspecified atom stereocenters. The van der Waals surface area contributed by atoms with Crippen molar-refractivity contribution in [1.29, 1.82) is 0 Å². The lowest BCUT2D eigenvalue weighted by atomic mass is 9.46. The van der Waals surface area contributed by atoms with Gasteiger partial charge in [0, 0.05) is 6.92 Å². The highest BCUT2D eigenvalue weighted by molar-refractivity contribution is 5.66. The van der Waals surface area contributed by atoms with Crippen LogP contribution >= 0.6 is 0 Å². The molecule has 3 fully saturated rings. The van der Waals surface area contributed by atoms with Crippen LogP contribution < -0.4 is 0 Å². The summed E-state index contributed by atoms with van der Waals surface area (Å²) in [5.41, 5.74) is 0.928. The van der Waals surface area contributed by atoms with Crippen LogP contribution in [-0.4, -0.2) is 12.1 Å². The van der Waals surface area contributed by atoms with E-state index in [0.717, 1.165) is 54.3 Å². The Labute approximate surface area is 198 Å². The molecule has 4 aliphatic carbocycles. The van der Waals surface area contributed by atoms with Crippen LogP contribution in [0.1, 0.15) is 106 Å². The highest BCUT2D eigenvalue weighted by Gasteiger charge is 2.59. The van der Waals surface area contributed by atoms with E-state index in [0.29, 0.717) is 16.7 Å². The molecule has 0 aromatic rings. The number of fused-ring (bicyclic) bond motifs is 5. The summed E-state index contributed by atoms with van der Waals surface area (Å²) < 4.78 is 5.63. The lowest BCUT2D eigenvalue weighted by Gasteiger charge is -2.59. The molecule has 0 aromatic heterocycles. The predicted molar refractivity (Wildman–Crippen MR) is 133 cm³/mol. The quantitative estimate of drug-likeness (QED) is 0.307. The maximum atomic E-state index is 11.5. The van der Waals surface area contributed by atoms with E-state index in [1.165, 1.54) is 44.9 Å². The van der Waals surface area contributed by atoms with Crippen LogP contribution in [0.15, 0.2) is 12.2 Å². The van der Waals surface area contributed by atoms with Crippen molar-refractivity contribution in [2.75, 3.05) is 0 Å². The second kappa shape index (κ2) is 9.10. The van der Waals surface area contributed by atoms with Gasteiger partial charge in [-0.2, -0.15) is 0 Å². The number of carbonyl (C=O) groups excluding carboxylic acids is 1. The van der Waals surface area contributed by atoms with Crippen LogP contribution in [-0.2, 0) is 9.53 Å². The third kappa shape index (κ3) is 4.22. The van der Waals surface area contributed by atoms with Crippen molar-refractivity contribution in [2.24, 2.45) is 58.2 Å². The Morgan fingerprint density at radius 2 is 1.62 bits per heavy atom. The van der Waals surface area contributed by atoms with E-state index in [4.69, 9.17) is 4.74 Å². The molecule has 0 aromatic carbocycles. The lowest BCUT2D eigenvalue weighted by molar-refractivity contribution is -0.153. The Hall–Kier alpha value is -0.790. The number of esters is 1. The minimum absolute atomic E-state index is 0.112. The minimum atomic E-state index is -0.112. The van der Waals surface area contributed by atoms with Gasteiger partial charge in [0.25, 0.3) is 0 Å². The summed E-state index contributed by atoms with van der Waals surface area (Å²) in [6.07, 6.45) is 17.2. The van der Waals surface area contributed by atoms with Gasteiger partial charge in [-0.25, -0.2) is 0 Å². The van der Waals surface area contributed by atoms with Crippen molar-refractivity contribution in [3.63, 3.8) is 0 Å². The second-order valence-electron chi connectivity index (χ2n) is 13.3. The summed E-state index contributed by atoms with van der Waals surface area (Å²) >= 11 is 0. The van der Waals surface area contributed by atoms with Crippen LogP contribution in [0.4, 0.5) is 0 Å². The molecule has 2 heteroatoms. The molecule has 0 aliphatic heterocycles. The average Bonchev–Trinajstić information content (AvgIpc) is 3.08. The molecule has 4 rings (SSSR count). The fourth-order valence-corrected chi connectivity index (χ4v) is 8.96. The van der Waals surface area contributed by atoms with Gasteiger partial charge in [0.1, 0.15) is 6.10 Å². The average molecular weight is 443 g/mol. The van der Waals surface area contributed by atoms with Gasteiger partial charge in [-0.3, -0.25) is 4.79 Å². The van der Waals surface area contributed by atoms with Crippen molar-refractivity contribution >= 4 is 5.97 Å². The molecular formula is C30H50O2. The highest BCUT2D eigenvalue weighted by Crippen LogP contribution is 2.67. The SMILES string of the molecule is CC(=O)O[C@@H]1CC[C@]2(C)[C@@H]3CC[C@]4(C)[C@H](CC[C@@H]4[C@H](C)CC[C@H](C)C(C)C)[C@@H]3C=C[C@H]2C1. The van der Waals surface area contributed by atoms with Crippen molar-refractivity contribution < 1.29 is 9.53 Å². The monoisotopic (exact) mass is 442 g/mol. The molecule has 0 heterocycles. The standard InChI is InChI=1S/C30H50O2/c1-19(2)20(3)8-9-21(4)26-12-13-27-25-11-10-23-18-24(32-22(5)31)14-16-29(23,6)28(25)15-17-30(26,27)7/h10-11,19-21,23-28H,8-9,12-18H2,1-7H3/t20-,21+,23-,24+,25-,26+,27+,28+,29-,30-/m0/s1. The van der Waals surface area contributed by atoms with E-state index in [1.54, 1.807) is 6.92 Å². The van der Waals surface area contributed by atoms with E-state index < -0.39 is 0 Å². The number of hydrogen-bond donors (Lipinski definition) is 0. The summed E-state index contributed by atoms with van der Waals surface area (Å²) in [6, 6.07) is 0. The van der Waals surface area contributed by atoms with Crippen LogP contribution in [0.25, 0.3) is 0 Å². The second-order valence-corrected chi connectivity index (χ2v) is 13.3. The molecule has 0 amide bonds. The Bertz CT molecular complexity index is 710. The maximum Gasteiger partial charge on any atom is 0.302 e. The van der Waals surface area contributed by atoms with Crippen LogP contribution in [0.5, 0.6) is 0 Å². The zero-order chi connectivity index (χ0) is 23.3. The molecule has 10 atom stereocenters. The number of carbonyl (C=O) groups is 1. The van der Waals surface area contributed by atoms with Gasteiger partial charge in [-0.15, -0.1) is 0 Å². The van der Waals surface area contributed by atoms with Crippen molar-refractivity contribution in [2.45, 2.75) is 112 Å². The van der Waals surface area contributed by atoms with Crippen LogP contribution in [0.3, 0.4) is 0 Å². The Morgan fingerprint density at radius 1 is 0.938 bits per heavy atom. The number of ether oxygens (including phenoxy) is 1. The van der Waals surface area contributed by atoms with Gasteiger partial charge in [0.05, 0.1) is 0 Å². The minimum Gasteiger partial charge on any atom is -0.463 e. The highest BCUT2D eigenvalue weighted by atomic mass is 16.5. The first kappa shape index (κ1) is 24.3. The van der Waals surface area contributed by atoms with Crippen LogP contribution in [0.2, 0.25) is 0 Å². The first-order valence-electron chi connectivity index (χ1n) is 13.9. The van der Waals surface area contributed by atoms with E-state index in [-0.39, 0.29) is 12.1 Å². The molecule has 182 valence electrons. The molecule has 4 aliphatic rings. The molecular weight excluding hydrogens is 392 g/mol. The molecule has 3 saturated carbocycles. The van der Waals surface area contributed by atoms with Gasteiger partial charge in [0.2, 0.25) is 0 Å². The third-order valence-electron chi connectivity index (χ3n) is 11.4. The largest absolute Gasteiger partial charge is 0.463 e. The summed E-state index contributed by atoms with van der Waals surface area (Å²) in [5.74, 6) is 6.36. The number of hydrogen-bond acceptors (Lipinski definition) is 2. The fraction of sp³-hybridized carbons (Fsp3) is 0.900. The van der Waals surface area contributed by atoms with E-state index >= 15 is 0 Å². The summed E-state index contributed by atoms with van der Waals surface area (Å²) in [6.45, 7) is 16.6. The van der Waals surface area contributed by atoms with E-state index in [9.17, 15) is 4.79 Å². The zero-order valence-corrected chi connectivity index (χ0v) is 22.0. The molecule has 0 N–H and O–H groups in total. The van der Waals surface area contributed by atoms with E-state index in [1.807, 2.05) is 0 Å². The Morgan fingerprint density at radius 3 is 2.31 bits per heavy atom. The van der Waals surface area contributed by atoms with Gasteiger partial charge in [-0.1, -0.05) is 66.5 Å². The molecule has 0 bridgehead atoms. The first-order chi connectivity index (χ1) is 15.1. The maximum absolute atomic E-state index is 11.5. The topological polar surface area (TPSA) is 26.3 Å². The van der Waals surface area contributed by atoms with E-state index in [2.05, 4.69) is 53.7 Å². The zero-order valence-electron chi connectivity index (χ0n) is 22.0. The number of allylic oxidation sites excluding steroid dienone is 2. The smallest absolute Gasteiger partial charge is 0.302 e. The summed E-state index contributed by atoms with van der Waals surface area (Å²) in [4.78, 5) is 11.5. The molecule has 32 heavy (non-hydrogen) atoms. The fourth-order valence-electron chi connectivity index (χ4n) is 8.96. The summed E-state index contributed by atoms with van der Waals surface area (Å²) in [5, 5.41) is 0. The third-order valence-corrected chi connectivity index (χ3v) is 11.4. The molecule has 0 saturated heterocycles. The van der Waals surface area contributed by atoms with Gasteiger partial charge < -0.3 is 4.74 Å². The Balaban J connectivity index is 1.47. The lowest BCUT2D eigenvalue weighted by Crippen LogP contribution is -2.52. The van der Waals surface area contributed by atoms with Crippen LogP contribution in [0, 0.1) is 58.2 Å². The summed E-state index contributed by atoms with van der Waals surface area (Å²) in [7, 11) is 0. The molecule has 0 radical (unpaired) electrons. The van der Waals surface area contributed by atoms with Crippen molar-refractivity contribution in [1.82, 2.24) is 0 Å². The van der Waals surface area contributed by atoms with Gasteiger partial charge >= 0.3 is 5.97 Å². The van der Waals surface area contributed by atoms with Gasteiger partial charge in [-0.05, 0) is 103 Å². The Kier molecular flexibility index (Phi) is 6.92. The molecule has 0 spiro atoms. The first-order valence-corrected chi connectivity index (χ1v) is 13.9. The van der Waals surface area contributed by atoms with Crippen molar-refractivity contribution in [3.05, 3.63) is 12.2 Å². The van der Waals surface area contributed by atoms with Gasteiger partial charge in [0.15, 0.2) is 0 Å². The molecule has 2 nitrogen and oxygen atoms in total. The van der Waals surface area contributed by atoms with Crippen molar-refractivity contribution in [3.8, 4) is 0 Å².